The van der Waals surface area contributed by atoms with Crippen molar-refractivity contribution in [2.45, 2.75) is 39.5 Å². The molecule has 0 bridgehead atoms. The van der Waals surface area contributed by atoms with Crippen LogP contribution in [0.2, 0.25) is 0 Å². The lowest BCUT2D eigenvalue weighted by Gasteiger charge is -2.19. The van der Waals surface area contributed by atoms with Gasteiger partial charge in [0.2, 0.25) is 0 Å². The minimum Gasteiger partial charge on any atom is -0.361 e. The van der Waals surface area contributed by atoms with Crippen LogP contribution in [0.5, 0.6) is 0 Å². The molecule has 6 heteroatoms. The van der Waals surface area contributed by atoms with Crippen LogP contribution in [0.25, 0.3) is 0 Å². The molecule has 0 aliphatic heterocycles. The van der Waals surface area contributed by atoms with E-state index in [1.54, 1.807) is 11.3 Å². The van der Waals surface area contributed by atoms with Gasteiger partial charge in [-0.2, -0.15) is 0 Å². The molecule has 20 heavy (non-hydrogen) atoms. The molecule has 1 atom stereocenters. The average Bonchev–Trinajstić information content (AvgIpc) is 2.85. The molecule has 3 N–H and O–H groups in total. The van der Waals surface area contributed by atoms with Crippen molar-refractivity contribution in [2.24, 2.45) is 5.92 Å². The molecule has 0 spiro atoms. The van der Waals surface area contributed by atoms with Crippen molar-refractivity contribution in [3.05, 3.63) is 21.4 Å². The van der Waals surface area contributed by atoms with Crippen LogP contribution in [0.1, 0.15) is 47.5 Å². The average molecular weight is 311 g/mol. The van der Waals surface area contributed by atoms with Crippen LogP contribution in [0, 0.1) is 5.92 Å². The van der Waals surface area contributed by atoms with E-state index >= 15 is 0 Å². The summed E-state index contributed by atoms with van der Waals surface area (Å²) in [6, 6.07) is 0. The monoisotopic (exact) mass is 311 g/mol. The molecule has 1 aliphatic carbocycles. The molecule has 1 heterocycles. The second-order valence-corrected chi connectivity index (χ2v) is 6.61. The van der Waals surface area contributed by atoms with Crippen molar-refractivity contribution in [3.63, 3.8) is 0 Å². The Morgan fingerprint density at radius 2 is 2.30 bits per heavy atom. The fourth-order valence-corrected chi connectivity index (χ4v) is 3.73. The summed E-state index contributed by atoms with van der Waals surface area (Å²) in [6.07, 6.45) is 4.25. The summed E-state index contributed by atoms with van der Waals surface area (Å²) in [5.74, 6) is 0.624. The Hall–Kier alpha value is -1.14. The van der Waals surface area contributed by atoms with E-state index in [-0.39, 0.29) is 5.91 Å². The molecule has 0 saturated carbocycles. The predicted octanol–water partition coefficient (Wildman–Crippen LogP) is 2.39. The second kappa shape index (κ2) is 7.04. The molecule has 1 amide bonds. The number of carbonyl (C=O) groups excluding carboxylic acids is 1. The SMILES string of the molecule is CCCNC(=S)NNC(=O)c1csc2c1CC[C@H](C)C2. The number of carbonyl (C=O) groups is 1. The van der Waals surface area contributed by atoms with Crippen molar-refractivity contribution in [1.82, 2.24) is 16.2 Å². The standard InChI is InChI=1S/C14H21N3OS2/c1-3-6-15-14(19)17-16-13(18)11-8-20-12-7-9(2)4-5-10(11)12/h8-9H,3-7H2,1-2H3,(H,16,18)(H2,15,17,19)/t9-/m0/s1. The van der Waals surface area contributed by atoms with Gasteiger partial charge in [-0.05, 0) is 49.4 Å². The van der Waals surface area contributed by atoms with Crippen molar-refractivity contribution < 1.29 is 4.79 Å². The molecule has 0 radical (unpaired) electrons. The maximum atomic E-state index is 12.2. The minimum absolute atomic E-state index is 0.0994. The zero-order valence-corrected chi connectivity index (χ0v) is 13.5. The number of amides is 1. The number of rotatable bonds is 3. The molecule has 4 nitrogen and oxygen atoms in total. The van der Waals surface area contributed by atoms with Crippen molar-refractivity contribution >= 4 is 34.6 Å². The number of nitrogens with one attached hydrogen (secondary N) is 3. The molecule has 2 rings (SSSR count). The maximum absolute atomic E-state index is 12.2. The van der Waals surface area contributed by atoms with Crippen LogP contribution < -0.4 is 16.2 Å². The Morgan fingerprint density at radius 3 is 3.05 bits per heavy atom. The summed E-state index contributed by atoms with van der Waals surface area (Å²) in [5, 5.41) is 5.43. The minimum atomic E-state index is -0.0994. The van der Waals surface area contributed by atoms with E-state index < -0.39 is 0 Å². The van der Waals surface area contributed by atoms with E-state index in [9.17, 15) is 4.79 Å². The van der Waals surface area contributed by atoms with Gasteiger partial charge in [0.15, 0.2) is 5.11 Å². The highest BCUT2D eigenvalue weighted by atomic mass is 32.1. The topological polar surface area (TPSA) is 53.2 Å². The molecule has 0 unspecified atom stereocenters. The second-order valence-electron chi connectivity index (χ2n) is 5.23. The first-order valence-corrected chi connectivity index (χ1v) is 8.34. The van der Waals surface area contributed by atoms with Gasteiger partial charge in [0.05, 0.1) is 5.56 Å². The highest BCUT2D eigenvalue weighted by Crippen LogP contribution is 2.32. The quantitative estimate of drug-likeness (QED) is 0.593. The summed E-state index contributed by atoms with van der Waals surface area (Å²) in [6.45, 7) is 5.13. The van der Waals surface area contributed by atoms with E-state index in [0.717, 1.165) is 43.7 Å². The van der Waals surface area contributed by atoms with Gasteiger partial charge in [-0.3, -0.25) is 15.6 Å². The van der Waals surface area contributed by atoms with E-state index in [1.165, 1.54) is 10.4 Å². The fourth-order valence-electron chi connectivity index (χ4n) is 2.33. The lowest BCUT2D eigenvalue weighted by Crippen LogP contribution is -2.47. The summed E-state index contributed by atoms with van der Waals surface area (Å²) < 4.78 is 0. The first kappa shape index (κ1) is 15.3. The van der Waals surface area contributed by atoms with Gasteiger partial charge < -0.3 is 5.32 Å². The van der Waals surface area contributed by atoms with Gasteiger partial charge >= 0.3 is 0 Å². The first-order chi connectivity index (χ1) is 9.61. The molecule has 1 aliphatic rings. The van der Waals surface area contributed by atoms with Crippen molar-refractivity contribution in [2.75, 3.05) is 6.54 Å². The molecule has 1 aromatic heterocycles. The Balaban J connectivity index is 1.92. The molecule has 0 saturated heterocycles. The lowest BCUT2D eigenvalue weighted by molar-refractivity contribution is 0.0943. The Kier molecular flexibility index (Phi) is 5.37. The van der Waals surface area contributed by atoms with Gasteiger partial charge in [-0.25, -0.2) is 0 Å². The molecular formula is C14H21N3OS2. The number of hydrogen-bond acceptors (Lipinski definition) is 3. The molecule has 110 valence electrons. The Morgan fingerprint density at radius 1 is 1.50 bits per heavy atom. The van der Waals surface area contributed by atoms with E-state index in [4.69, 9.17) is 12.2 Å². The smallest absolute Gasteiger partial charge is 0.270 e. The third-order valence-electron chi connectivity index (χ3n) is 3.47. The summed E-state index contributed by atoms with van der Waals surface area (Å²) in [4.78, 5) is 13.5. The molecule has 1 aromatic rings. The van der Waals surface area contributed by atoms with Gasteiger partial charge in [0, 0.05) is 16.8 Å². The number of fused-ring (bicyclic) bond motifs is 1. The third-order valence-corrected chi connectivity index (χ3v) is 4.77. The van der Waals surface area contributed by atoms with Crippen LogP contribution in [-0.4, -0.2) is 17.6 Å². The van der Waals surface area contributed by atoms with Gasteiger partial charge in [-0.1, -0.05) is 13.8 Å². The van der Waals surface area contributed by atoms with Gasteiger partial charge in [0.1, 0.15) is 0 Å². The van der Waals surface area contributed by atoms with Crippen molar-refractivity contribution in [3.8, 4) is 0 Å². The Bertz CT molecular complexity index is 499. The van der Waals surface area contributed by atoms with Crippen LogP contribution in [0.4, 0.5) is 0 Å². The maximum Gasteiger partial charge on any atom is 0.270 e. The predicted molar refractivity (Wildman–Crippen MR) is 87.0 cm³/mol. The van der Waals surface area contributed by atoms with Gasteiger partial charge in [0.25, 0.3) is 5.91 Å². The summed E-state index contributed by atoms with van der Waals surface area (Å²) >= 11 is 6.76. The summed E-state index contributed by atoms with van der Waals surface area (Å²) in [7, 11) is 0. The van der Waals surface area contributed by atoms with Crippen LogP contribution in [0.3, 0.4) is 0 Å². The van der Waals surface area contributed by atoms with Gasteiger partial charge in [-0.15, -0.1) is 11.3 Å². The van der Waals surface area contributed by atoms with E-state index in [2.05, 4.69) is 30.0 Å². The Labute approximate surface area is 129 Å². The number of hydrazine groups is 1. The highest BCUT2D eigenvalue weighted by molar-refractivity contribution is 7.80. The van der Waals surface area contributed by atoms with Crippen LogP contribution in [-0.2, 0) is 12.8 Å². The van der Waals surface area contributed by atoms with Crippen LogP contribution >= 0.6 is 23.6 Å². The molecular weight excluding hydrogens is 290 g/mol. The lowest BCUT2D eigenvalue weighted by atomic mass is 9.88. The largest absolute Gasteiger partial charge is 0.361 e. The fraction of sp³-hybridized carbons (Fsp3) is 0.571. The van der Waals surface area contributed by atoms with Crippen LogP contribution in [0.15, 0.2) is 5.38 Å². The number of thiocarbonyl (C=S) groups is 1. The number of thiophene rings is 1. The zero-order chi connectivity index (χ0) is 14.5. The number of hydrogen-bond donors (Lipinski definition) is 3. The molecule has 0 aromatic carbocycles. The first-order valence-electron chi connectivity index (χ1n) is 7.05. The zero-order valence-electron chi connectivity index (χ0n) is 11.9. The normalized spacial score (nSPS) is 17.2. The summed E-state index contributed by atoms with van der Waals surface area (Å²) in [5.41, 5.74) is 7.43. The third kappa shape index (κ3) is 3.70. The van der Waals surface area contributed by atoms with Crippen molar-refractivity contribution in [1.29, 1.82) is 0 Å². The van der Waals surface area contributed by atoms with E-state index in [0.29, 0.717) is 5.11 Å². The van der Waals surface area contributed by atoms with E-state index in [1.807, 2.05) is 5.38 Å². The highest BCUT2D eigenvalue weighted by Gasteiger charge is 2.23. The molecule has 0 fully saturated rings.